The minimum absolute atomic E-state index is 0.00185. The molecule has 0 radical (unpaired) electrons. The van der Waals surface area contributed by atoms with Crippen LogP contribution in [0.2, 0.25) is 0 Å². The molecule has 6 heteroatoms. The predicted octanol–water partition coefficient (Wildman–Crippen LogP) is 2.92. The molecule has 6 nitrogen and oxygen atoms in total. The first-order chi connectivity index (χ1) is 10.6. The van der Waals surface area contributed by atoms with Crippen LogP contribution >= 0.6 is 0 Å². The molecule has 0 saturated heterocycles. The summed E-state index contributed by atoms with van der Waals surface area (Å²) in [7, 11) is 4.02. The lowest BCUT2D eigenvalue weighted by Gasteiger charge is -2.33. The lowest BCUT2D eigenvalue weighted by molar-refractivity contribution is 0.209. The highest BCUT2D eigenvalue weighted by molar-refractivity contribution is 5.81. The molecule has 1 aromatic carbocycles. The van der Waals surface area contributed by atoms with E-state index in [9.17, 15) is 5.11 Å². The highest BCUT2D eigenvalue weighted by Crippen LogP contribution is 2.31. The highest BCUT2D eigenvalue weighted by Gasteiger charge is 2.27. The fraction of sp³-hybridized carbons (Fsp3) is 0.250. The van der Waals surface area contributed by atoms with Crippen molar-refractivity contribution in [2.45, 2.75) is 6.54 Å². The maximum atomic E-state index is 9.72. The van der Waals surface area contributed by atoms with Crippen molar-refractivity contribution >= 4 is 10.9 Å². The van der Waals surface area contributed by atoms with Crippen molar-refractivity contribution in [1.29, 1.82) is 0 Å². The van der Waals surface area contributed by atoms with Crippen molar-refractivity contribution < 1.29 is 5.11 Å². The summed E-state index contributed by atoms with van der Waals surface area (Å²) in [6.45, 7) is 1.47. The number of aromatic nitrogens is 1. The third-order valence-electron chi connectivity index (χ3n) is 4.20. The first-order valence-electron chi connectivity index (χ1n) is 7.19. The molecule has 0 bridgehead atoms. The molecule has 4 rings (SSSR count). The summed E-state index contributed by atoms with van der Waals surface area (Å²) in [5.74, 6) is -0.00185. The second-order valence-electron chi connectivity index (χ2n) is 5.73. The van der Waals surface area contributed by atoms with E-state index in [2.05, 4.69) is 57.1 Å². The van der Waals surface area contributed by atoms with Gasteiger partial charge in [0.2, 0.25) is 0 Å². The Balaban J connectivity index is 1.66. The van der Waals surface area contributed by atoms with E-state index >= 15 is 0 Å². The summed E-state index contributed by atoms with van der Waals surface area (Å²) in [4.78, 5) is 4.14. The number of aliphatic hydroxyl groups excluding tert-OH is 1. The van der Waals surface area contributed by atoms with Gasteiger partial charge in [0.15, 0.2) is 0 Å². The van der Waals surface area contributed by atoms with E-state index < -0.39 is 0 Å². The van der Waals surface area contributed by atoms with Gasteiger partial charge >= 0.3 is 0 Å². The molecule has 2 aliphatic heterocycles. The standard InChI is InChI=1S/C16H17N5O/c1-19-10-21(9-13-15(19)16(22)18-17-13)8-12-7-11-5-3-4-6-14(11)20(12)2/h3-7,9,22H,8,10H2,1-2H3. The molecule has 2 aromatic rings. The molecule has 1 aromatic heterocycles. The van der Waals surface area contributed by atoms with Gasteiger partial charge in [-0.05, 0) is 17.5 Å². The van der Waals surface area contributed by atoms with Crippen LogP contribution in [0.5, 0.6) is 0 Å². The van der Waals surface area contributed by atoms with Gasteiger partial charge in [-0.1, -0.05) is 18.2 Å². The molecule has 22 heavy (non-hydrogen) atoms. The summed E-state index contributed by atoms with van der Waals surface area (Å²) in [5, 5.41) is 18.7. The average molecular weight is 295 g/mol. The fourth-order valence-electron chi connectivity index (χ4n) is 3.12. The molecule has 0 amide bonds. The van der Waals surface area contributed by atoms with Crippen molar-refractivity contribution in [3.8, 4) is 0 Å². The maximum Gasteiger partial charge on any atom is 0.257 e. The van der Waals surface area contributed by atoms with Gasteiger partial charge in [0.25, 0.3) is 5.88 Å². The van der Waals surface area contributed by atoms with E-state index in [0.717, 1.165) is 6.54 Å². The zero-order chi connectivity index (χ0) is 15.3. The number of aliphatic hydroxyl groups is 1. The average Bonchev–Trinajstić information content (AvgIpc) is 3.02. The van der Waals surface area contributed by atoms with Crippen molar-refractivity contribution in [3.05, 3.63) is 59.5 Å². The molecule has 1 N–H and O–H groups in total. The number of hydrogen-bond acceptors (Lipinski definition) is 5. The normalized spacial score (nSPS) is 17.5. The van der Waals surface area contributed by atoms with Gasteiger partial charge in [-0.2, -0.15) is 0 Å². The van der Waals surface area contributed by atoms with Gasteiger partial charge in [-0.25, -0.2) is 0 Å². The van der Waals surface area contributed by atoms with Crippen molar-refractivity contribution in [2.24, 2.45) is 17.3 Å². The minimum atomic E-state index is -0.00185. The number of aryl methyl sites for hydroxylation is 1. The fourth-order valence-corrected chi connectivity index (χ4v) is 3.12. The van der Waals surface area contributed by atoms with Gasteiger partial charge in [0.1, 0.15) is 11.4 Å². The molecular formula is C16H17N5O. The summed E-state index contributed by atoms with van der Waals surface area (Å²) in [6.07, 6.45) is 1.96. The number of likely N-dealkylation sites (N-methyl/N-ethyl adjacent to an activating group) is 1. The van der Waals surface area contributed by atoms with Gasteiger partial charge in [-0.3, -0.25) is 0 Å². The molecule has 0 aliphatic carbocycles. The number of para-hydroxylation sites is 1. The number of hydrogen-bond donors (Lipinski definition) is 1. The third kappa shape index (κ3) is 1.88. The van der Waals surface area contributed by atoms with Crippen LogP contribution in [0.25, 0.3) is 10.9 Å². The highest BCUT2D eigenvalue weighted by atomic mass is 16.3. The maximum absolute atomic E-state index is 9.72. The summed E-state index contributed by atoms with van der Waals surface area (Å²) >= 11 is 0. The Hall–Kier alpha value is -2.76. The van der Waals surface area contributed by atoms with Gasteiger partial charge in [0.05, 0.1) is 13.2 Å². The Morgan fingerprint density at radius 3 is 2.82 bits per heavy atom. The van der Waals surface area contributed by atoms with E-state index in [1.807, 2.05) is 18.1 Å². The van der Waals surface area contributed by atoms with Crippen LogP contribution < -0.4 is 0 Å². The van der Waals surface area contributed by atoms with Crippen molar-refractivity contribution in [2.75, 3.05) is 13.7 Å². The van der Waals surface area contributed by atoms with E-state index in [4.69, 9.17) is 0 Å². The van der Waals surface area contributed by atoms with Crippen LogP contribution in [-0.4, -0.2) is 33.2 Å². The number of benzene rings is 1. The molecule has 0 atom stereocenters. The first kappa shape index (κ1) is 12.9. The molecule has 0 fully saturated rings. The SMILES string of the molecule is CN1CN(Cc2cc3ccccc3n2C)C=C2N=NC(O)=C21. The van der Waals surface area contributed by atoms with Crippen molar-refractivity contribution in [3.63, 3.8) is 0 Å². The van der Waals surface area contributed by atoms with E-state index in [1.165, 1.54) is 16.6 Å². The summed E-state index contributed by atoms with van der Waals surface area (Å²) in [6, 6.07) is 10.6. The summed E-state index contributed by atoms with van der Waals surface area (Å²) in [5.41, 5.74) is 3.88. The van der Waals surface area contributed by atoms with Gasteiger partial charge in [-0.15, -0.1) is 10.2 Å². The van der Waals surface area contributed by atoms with Crippen LogP contribution in [0.3, 0.4) is 0 Å². The summed E-state index contributed by atoms with van der Waals surface area (Å²) < 4.78 is 2.22. The number of fused-ring (bicyclic) bond motifs is 2. The van der Waals surface area contributed by atoms with Crippen LogP contribution in [0.15, 0.2) is 64.0 Å². The Morgan fingerprint density at radius 2 is 2.00 bits per heavy atom. The molecule has 112 valence electrons. The lowest BCUT2D eigenvalue weighted by atomic mass is 10.2. The van der Waals surface area contributed by atoms with Crippen LogP contribution in [0.4, 0.5) is 0 Å². The molecule has 0 unspecified atom stereocenters. The Bertz CT molecular complexity index is 845. The van der Waals surface area contributed by atoms with E-state index in [-0.39, 0.29) is 5.88 Å². The smallest absolute Gasteiger partial charge is 0.257 e. The van der Waals surface area contributed by atoms with Crippen LogP contribution in [0, 0.1) is 0 Å². The van der Waals surface area contributed by atoms with Crippen LogP contribution in [-0.2, 0) is 13.6 Å². The second-order valence-corrected chi connectivity index (χ2v) is 5.73. The largest absolute Gasteiger partial charge is 0.491 e. The zero-order valence-corrected chi connectivity index (χ0v) is 12.6. The Labute approximate surface area is 128 Å². The predicted molar refractivity (Wildman–Crippen MR) is 83.7 cm³/mol. The molecule has 2 aliphatic rings. The molecule has 0 saturated carbocycles. The van der Waals surface area contributed by atoms with Crippen molar-refractivity contribution in [1.82, 2.24) is 14.4 Å². The second kappa shape index (κ2) is 4.62. The van der Waals surface area contributed by atoms with Gasteiger partial charge in [0, 0.05) is 31.5 Å². The first-order valence-corrected chi connectivity index (χ1v) is 7.19. The van der Waals surface area contributed by atoms with E-state index in [0.29, 0.717) is 18.1 Å². The molecular weight excluding hydrogens is 278 g/mol. The minimum Gasteiger partial charge on any atom is -0.491 e. The molecule has 0 spiro atoms. The Kier molecular flexibility index (Phi) is 2.72. The third-order valence-corrected chi connectivity index (χ3v) is 4.20. The van der Waals surface area contributed by atoms with E-state index in [1.54, 1.807) is 0 Å². The number of nitrogens with zero attached hydrogens (tertiary/aromatic N) is 5. The topological polar surface area (TPSA) is 56.4 Å². The number of rotatable bonds is 2. The monoisotopic (exact) mass is 295 g/mol. The molecule has 3 heterocycles. The van der Waals surface area contributed by atoms with Crippen LogP contribution in [0.1, 0.15) is 5.69 Å². The Morgan fingerprint density at radius 1 is 1.18 bits per heavy atom. The lowest BCUT2D eigenvalue weighted by Crippen LogP contribution is -2.36. The number of azo groups is 1. The quantitative estimate of drug-likeness (QED) is 0.926. The van der Waals surface area contributed by atoms with Gasteiger partial charge < -0.3 is 19.5 Å². The zero-order valence-electron chi connectivity index (χ0n) is 12.6.